The van der Waals surface area contributed by atoms with Gasteiger partial charge in [0.25, 0.3) is 0 Å². The van der Waals surface area contributed by atoms with Crippen molar-refractivity contribution in [2.75, 3.05) is 27.2 Å². The molecule has 4 heteroatoms. The number of amides is 1. The molecule has 0 saturated carbocycles. The van der Waals surface area contributed by atoms with Crippen LogP contribution in [0.5, 0.6) is 0 Å². The van der Waals surface area contributed by atoms with Crippen molar-refractivity contribution in [3.63, 3.8) is 0 Å². The zero-order valence-electron chi connectivity index (χ0n) is 21.0. The lowest BCUT2D eigenvalue weighted by Crippen LogP contribution is -3.00. The molecule has 0 radical (unpaired) electrons. The number of halogens is 1. The van der Waals surface area contributed by atoms with E-state index in [0.29, 0.717) is 0 Å². The summed E-state index contributed by atoms with van der Waals surface area (Å²) in [6.45, 7) is 8.55. The average molecular weight is 445 g/mol. The number of nitrogens with one attached hydrogen (secondary N) is 1. The van der Waals surface area contributed by atoms with E-state index in [0.717, 1.165) is 29.7 Å². The van der Waals surface area contributed by atoms with Gasteiger partial charge in [-0.05, 0) is 19.3 Å². The molecule has 180 valence electrons. The highest BCUT2D eigenvalue weighted by Gasteiger charge is 2.18. The van der Waals surface area contributed by atoms with Crippen molar-refractivity contribution in [1.82, 2.24) is 5.32 Å². The van der Waals surface area contributed by atoms with Gasteiger partial charge in [-0.2, -0.15) is 0 Å². The van der Waals surface area contributed by atoms with Gasteiger partial charge in [0.05, 0.1) is 26.7 Å². The summed E-state index contributed by atoms with van der Waals surface area (Å²) in [5, 5.41) is 3.07. The average Bonchev–Trinajstić information content (AvgIpc) is 2.68. The number of quaternary nitrogens is 1. The molecule has 0 unspecified atom stereocenters. The Kier molecular flexibility index (Phi) is 22.9. The van der Waals surface area contributed by atoms with Crippen LogP contribution >= 0.6 is 0 Å². The smallest absolute Gasteiger partial charge is 0.249 e. The first kappa shape index (κ1) is 31.6. The maximum absolute atomic E-state index is 12.2. The third-order valence-electron chi connectivity index (χ3n) is 6.20. The molecule has 1 amide bonds. The number of unbranched alkanes of at least 4 members (excludes halogenated alkanes) is 14. The second-order valence-electron chi connectivity index (χ2n) is 9.44. The molecule has 3 nitrogen and oxygen atoms in total. The molecule has 1 N–H and O–H groups in total. The minimum absolute atomic E-state index is 0. The van der Waals surface area contributed by atoms with Crippen LogP contribution in [0.4, 0.5) is 0 Å². The van der Waals surface area contributed by atoms with Crippen molar-refractivity contribution in [2.24, 2.45) is 0 Å². The van der Waals surface area contributed by atoms with Crippen LogP contribution in [0.2, 0.25) is 0 Å². The molecule has 0 aromatic heterocycles. The van der Waals surface area contributed by atoms with Gasteiger partial charge in [-0.25, -0.2) is 0 Å². The number of hydrogen-bond acceptors (Lipinski definition) is 1. The summed E-state index contributed by atoms with van der Waals surface area (Å²) in [6, 6.07) is 0. The number of rotatable bonds is 20. The summed E-state index contributed by atoms with van der Waals surface area (Å²) >= 11 is 0. The van der Waals surface area contributed by atoms with E-state index < -0.39 is 0 Å². The zero-order valence-corrected chi connectivity index (χ0v) is 21.8. The molecule has 0 aromatic carbocycles. The predicted molar refractivity (Wildman–Crippen MR) is 129 cm³/mol. The second kappa shape index (κ2) is 21.7. The van der Waals surface area contributed by atoms with Crippen LogP contribution in [0.25, 0.3) is 0 Å². The molecular formula is C26H53ClN2O. The van der Waals surface area contributed by atoms with Gasteiger partial charge in [-0.1, -0.05) is 97.3 Å². The van der Waals surface area contributed by atoms with Crippen molar-refractivity contribution in [2.45, 2.75) is 124 Å². The lowest BCUT2D eigenvalue weighted by molar-refractivity contribution is -0.852. The number of nitrogens with zero attached hydrogens (tertiary/aromatic N) is 1. The fraction of sp³-hybridized carbons (Fsp3) is 0.885. The summed E-state index contributed by atoms with van der Waals surface area (Å²) in [6.07, 6.45) is 23.0. The van der Waals surface area contributed by atoms with Crippen molar-refractivity contribution >= 4 is 5.91 Å². The fourth-order valence-corrected chi connectivity index (χ4v) is 3.70. The zero-order chi connectivity index (χ0) is 21.8. The summed E-state index contributed by atoms with van der Waals surface area (Å²) in [5.41, 5.74) is 1.15. The van der Waals surface area contributed by atoms with E-state index in [1.165, 1.54) is 96.3 Å². The molecule has 0 aliphatic rings. The Morgan fingerprint density at radius 3 is 1.57 bits per heavy atom. The van der Waals surface area contributed by atoms with Crippen LogP contribution in [0, 0.1) is 0 Å². The second-order valence-corrected chi connectivity index (χ2v) is 9.44. The first-order valence-corrected chi connectivity index (χ1v) is 12.7. The summed E-state index contributed by atoms with van der Waals surface area (Å²) < 4.78 is 0.820. The number of hydrogen-bond donors (Lipinski definition) is 1. The van der Waals surface area contributed by atoms with Crippen molar-refractivity contribution in [3.8, 4) is 0 Å². The van der Waals surface area contributed by atoms with Crippen LogP contribution in [0.3, 0.4) is 0 Å². The van der Waals surface area contributed by atoms with E-state index in [-0.39, 0.29) is 18.3 Å². The highest BCUT2D eigenvalue weighted by Crippen LogP contribution is 2.15. The normalized spacial score (nSPS) is 12.0. The summed E-state index contributed by atoms with van der Waals surface area (Å²) in [7, 11) is 4.44. The van der Waals surface area contributed by atoms with Crippen molar-refractivity contribution in [3.05, 3.63) is 11.8 Å². The molecular weight excluding hydrogens is 392 g/mol. The monoisotopic (exact) mass is 444 g/mol. The Balaban J connectivity index is 0. The van der Waals surface area contributed by atoms with Crippen molar-refractivity contribution in [1.29, 1.82) is 0 Å². The highest BCUT2D eigenvalue weighted by atomic mass is 35.5. The van der Waals surface area contributed by atoms with Gasteiger partial charge in [-0.15, -0.1) is 0 Å². The van der Waals surface area contributed by atoms with E-state index in [9.17, 15) is 4.79 Å². The molecule has 0 rings (SSSR count). The molecule has 0 bridgehead atoms. The van der Waals surface area contributed by atoms with E-state index in [2.05, 4.69) is 40.2 Å². The van der Waals surface area contributed by atoms with Gasteiger partial charge in [0.2, 0.25) is 5.91 Å². The highest BCUT2D eigenvalue weighted by molar-refractivity contribution is 5.87. The van der Waals surface area contributed by atoms with Crippen LogP contribution in [0.15, 0.2) is 11.8 Å². The van der Waals surface area contributed by atoms with Crippen molar-refractivity contribution < 1.29 is 21.7 Å². The summed E-state index contributed by atoms with van der Waals surface area (Å²) in [4.78, 5) is 12.2. The van der Waals surface area contributed by atoms with Crippen LogP contribution in [-0.2, 0) is 4.79 Å². The van der Waals surface area contributed by atoms with Crippen LogP contribution < -0.4 is 17.7 Å². The van der Waals surface area contributed by atoms with Crippen LogP contribution in [-0.4, -0.2) is 37.6 Å². The molecule has 0 spiro atoms. The molecule has 0 aromatic rings. The fourth-order valence-electron chi connectivity index (χ4n) is 3.70. The third-order valence-corrected chi connectivity index (χ3v) is 6.20. The predicted octanol–water partition coefficient (Wildman–Crippen LogP) is 4.37. The van der Waals surface area contributed by atoms with Gasteiger partial charge in [-0.3, -0.25) is 9.28 Å². The van der Waals surface area contributed by atoms with Gasteiger partial charge in [0.1, 0.15) is 5.70 Å². The Hall–Kier alpha value is -0.540. The standard InChI is InChI=1S/C26H52N2O.ClH/c1-6-8-10-12-14-16-18-20-22-27-26(29)24-25(3)28(4,5)23-21-19-17-15-13-11-9-7-2;/h24H,6-23H2,1-5H3;1H/b25-24+;. The van der Waals surface area contributed by atoms with E-state index in [1.807, 2.05) is 6.08 Å². The first-order chi connectivity index (χ1) is 13.9. The van der Waals surface area contributed by atoms with Gasteiger partial charge in [0, 0.05) is 13.5 Å². The molecule has 30 heavy (non-hydrogen) atoms. The van der Waals surface area contributed by atoms with E-state index >= 15 is 0 Å². The topological polar surface area (TPSA) is 29.1 Å². The SMILES string of the molecule is CCCCCCCCCCNC(=O)/C=C(\C)[N+](C)(C)CCCCCCCCCC.[Cl-]. The minimum Gasteiger partial charge on any atom is -1.00 e. The van der Waals surface area contributed by atoms with Gasteiger partial charge < -0.3 is 17.7 Å². The minimum atomic E-state index is 0. The van der Waals surface area contributed by atoms with Gasteiger partial charge in [0.15, 0.2) is 0 Å². The number of carbonyl (C=O) groups is 1. The molecule has 0 saturated heterocycles. The molecule has 0 aliphatic heterocycles. The Morgan fingerprint density at radius 2 is 1.10 bits per heavy atom. The molecule has 0 aliphatic carbocycles. The maximum Gasteiger partial charge on any atom is 0.249 e. The van der Waals surface area contributed by atoms with Gasteiger partial charge >= 0.3 is 0 Å². The largest absolute Gasteiger partial charge is 1.00 e. The van der Waals surface area contributed by atoms with Crippen LogP contribution in [0.1, 0.15) is 124 Å². The molecule has 0 heterocycles. The molecule has 0 fully saturated rings. The number of allylic oxidation sites excluding steroid dienone is 1. The van der Waals surface area contributed by atoms with E-state index in [4.69, 9.17) is 0 Å². The van der Waals surface area contributed by atoms with E-state index in [1.54, 1.807) is 0 Å². The molecule has 0 atom stereocenters. The Bertz CT molecular complexity index is 421. The Labute approximate surface area is 195 Å². The lowest BCUT2D eigenvalue weighted by Gasteiger charge is -2.30. The third kappa shape index (κ3) is 19.4. The lowest BCUT2D eigenvalue weighted by atomic mass is 10.1. The number of carbonyl (C=O) groups excluding carboxylic acids is 1. The maximum atomic E-state index is 12.2. The Morgan fingerprint density at radius 1 is 0.700 bits per heavy atom. The summed E-state index contributed by atoms with van der Waals surface area (Å²) in [5.74, 6) is 0.0765. The first-order valence-electron chi connectivity index (χ1n) is 12.7. The quantitative estimate of drug-likeness (QED) is 0.168.